The monoisotopic (exact) mass is 457 g/mol. The van der Waals surface area contributed by atoms with Gasteiger partial charge in [-0.2, -0.15) is 0 Å². The molecule has 1 heterocycles. The van der Waals surface area contributed by atoms with E-state index in [1.165, 1.54) is 30.6 Å². The summed E-state index contributed by atoms with van der Waals surface area (Å²) in [5.74, 6) is -1.30. The van der Waals surface area contributed by atoms with Crippen molar-refractivity contribution in [2.45, 2.75) is 19.6 Å². The van der Waals surface area contributed by atoms with E-state index in [-0.39, 0.29) is 39.5 Å². The molecule has 6 nitrogen and oxygen atoms in total. The van der Waals surface area contributed by atoms with Gasteiger partial charge in [-0.15, -0.1) is 0 Å². The van der Waals surface area contributed by atoms with Gasteiger partial charge in [0.2, 0.25) is 0 Å². The van der Waals surface area contributed by atoms with E-state index in [4.69, 9.17) is 39.5 Å². The molecule has 0 spiro atoms. The number of amides is 1. The lowest BCUT2D eigenvalue weighted by molar-refractivity contribution is 0.0946. The fourth-order valence-electron chi connectivity index (χ4n) is 2.51. The van der Waals surface area contributed by atoms with Crippen molar-refractivity contribution in [1.29, 1.82) is 0 Å². The molecule has 3 aromatic rings. The fourth-order valence-corrected chi connectivity index (χ4v) is 3.11. The van der Waals surface area contributed by atoms with Crippen LogP contribution in [0.2, 0.25) is 15.2 Å². The lowest BCUT2D eigenvalue weighted by Crippen LogP contribution is -2.24. The van der Waals surface area contributed by atoms with Gasteiger partial charge in [0.1, 0.15) is 11.4 Å². The van der Waals surface area contributed by atoms with Crippen LogP contribution in [0, 0.1) is 5.82 Å². The number of hydrogen-bond acceptors (Lipinski definition) is 4. The highest BCUT2D eigenvalue weighted by molar-refractivity contribution is 6.32. The molecule has 0 saturated carbocycles. The fraction of sp³-hybridized carbons (Fsp3) is 0.158. The van der Waals surface area contributed by atoms with E-state index < -0.39 is 17.8 Å². The predicted molar refractivity (Wildman–Crippen MR) is 108 cm³/mol. The Bertz CT molecular complexity index is 1060. The minimum Gasteiger partial charge on any atom is -0.453 e. The number of rotatable bonds is 6. The highest BCUT2D eigenvalue weighted by Crippen LogP contribution is 2.36. The number of benzene rings is 2. The quantitative estimate of drug-likeness (QED) is 0.469. The van der Waals surface area contributed by atoms with E-state index in [1.807, 2.05) is 0 Å². The normalized spacial score (nSPS) is 11.9. The summed E-state index contributed by atoms with van der Waals surface area (Å²) in [5, 5.41) is 12.6. The molecule has 1 aromatic heterocycles. The zero-order chi connectivity index (χ0) is 21.1. The van der Waals surface area contributed by atoms with Gasteiger partial charge in [-0.3, -0.25) is 4.79 Å². The standard InChI is InChI=1S/C19H15Cl3FN3O3/c1-9(27)11-4-12(20)6-13(5-11)29-17-14(21)3-2-10(15(17)23)7-24-19(28)16-18(22)26-8-25-16/h2-6,8-9,27H,7H2,1H3,(H,24,28)(H,25,26)/t9-/m0/s1. The third kappa shape index (κ3) is 5.00. The largest absolute Gasteiger partial charge is 0.453 e. The average Bonchev–Trinajstić information content (AvgIpc) is 3.10. The lowest BCUT2D eigenvalue weighted by atomic mass is 10.1. The smallest absolute Gasteiger partial charge is 0.271 e. The SMILES string of the molecule is C[C@H](O)c1cc(Cl)cc(Oc2c(Cl)ccc(CNC(=O)c3[nH]cnc3Cl)c2F)c1. The third-order valence-electron chi connectivity index (χ3n) is 3.98. The molecule has 0 fully saturated rings. The maximum absolute atomic E-state index is 15.0. The van der Waals surface area contributed by atoms with Gasteiger partial charge in [0.15, 0.2) is 16.7 Å². The number of carbonyl (C=O) groups is 1. The molecule has 29 heavy (non-hydrogen) atoms. The van der Waals surface area contributed by atoms with Crippen LogP contribution in [0.3, 0.4) is 0 Å². The number of carbonyl (C=O) groups excluding carboxylic acids is 1. The number of aromatic nitrogens is 2. The van der Waals surface area contributed by atoms with Crippen LogP contribution in [0.25, 0.3) is 0 Å². The van der Waals surface area contributed by atoms with E-state index in [0.29, 0.717) is 10.6 Å². The molecule has 0 aliphatic rings. The summed E-state index contributed by atoms with van der Waals surface area (Å²) in [6.07, 6.45) is 0.491. The molecule has 152 valence electrons. The number of aliphatic hydroxyl groups is 1. The molecule has 1 amide bonds. The summed E-state index contributed by atoms with van der Waals surface area (Å²) < 4.78 is 20.6. The molecule has 10 heteroatoms. The molecule has 0 bridgehead atoms. The molecular formula is C19H15Cl3FN3O3. The van der Waals surface area contributed by atoms with Crippen LogP contribution in [-0.4, -0.2) is 21.0 Å². The van der Waals surface area contributed by atoms with Crippen molar-refractivity contribution >= 4 is 40.7 Å². The van der Waals surface area contributed by atoms with Gasteiger partial charge in [-0.1, -0.05) is 40.9 Å². The Morgan fingerprint density at radius 2 is 2.07 bits per heavy atom. The third-order valence-corrected chi connectivity index (χ3v) is 4.79. The molecule has 0 aliphatic heterocycles. The molecule has 0 unspecified atom stereocenters. The number of halogens is 4. The van der Waals surface area contributed by atoms with Crippen LogP contribution in [0.15, 0.2) is 36.7 Å². The number of H-pyrrole nitrogens is 1. The number of aromatic amines is 1. The number of hydrogen-bond donors (Lipinski definition) is 3. The highest BCUT2D eigenvalue weighted by Gasteiger charge is 2.18. The van der Waals surface area contributed by atoms with Crippen molar-refractivity contribution in [1.82, 2.24) is 15.3 Å². The molecule has 0 aliphatic carbocycles. The van der Waals surface area contributed by atoms with Crippen LogP contribution in [0.4, 0.5) is 4.39 Å². The van der Waals surface area contributed by atoms with Crippen LogP contribution >= 0.6 is 34.8 Å². The highest BCUT2D eigenvalue weighted by atomic mass is 35.5. The molecular weight excluding hydrogens is 444 g/mol. The number of nitrogens with zero attached hydrogens (tertiary/aromatic N) is 1. The molecule has 0 radical (unpaired) electrons. The van der Waals surface area contributed by atoms with E-state index >= 15 is 0 Å². The predicted octanol–water partition coefficient (Wildman–Crippen LogP) is 5.28. The second-order valence-corrected chi connectivity index (χ2v) is 7.30. The van der Waals surface area contributed by atoms with Crippen molar-refractivity contribution < 1.29 is 19.0 Å². The van der Waals surface area contributed by atoms with Crippen molar-refractivity contribution in [2.75, 3.05) is 0 Å². The van der Waals surface area contributed by atoms with Crippen molar-refractivity contribution in [3.63, 3.8) is 0 Å². The number of aliphatic hydroxyl groups excluding tert-OH is 1. The first-order valence-electron chi connectivity index (χ1n) is 8.36. The minimum atomic E-state index is -0.785. The van der Waals surface area contributed by atoms with Crippen LogP contribution in [0.5, 0.6) is 11.5 Å². The summed E-state index contributed by atoms with van der Waals surface area (Å²) >= 11 is 17.9. The Morgan fingerprint density at radius 3 is 2.72 bits per heavy atom. The Hall–Kier alpha value is -2.32. The summed E-state index contributed by atoms with van der Waals surface area (Å²) in [6, 6.07) is 7.45. The van der Waals surface area contributed by atoms with E-state index in [9.17, 15) is 14.3 Å². The van der Waals surface area contributed by atoms with E-state index in [0.717, 1.165) is 0 Å². The van der Waals surface area contributed by atoms with Crippen molar-refractivity contribution in [3.05, 3.63) is 74.5 Å². The molecule has 1 atom stereocenters. The number of ether oxygens (including phenoxy) is 1. The van der Waals surface area contributed by atoms with Gasteiger partial charge in [0.25, 0.3) is 5.91 Å². The van der Waals surface area contributed by atoms with Gasteiger partial charge in [-0.25, -0.2) is 9.37 Å². The zero-order valence-electron chi connectivity index (χ0n) is 15.0. The molecule has 3 N–H and O–H groups in total. The number of imidazole rings is 1. The summed E-state index contributed by atoms with van der Waals surface area (Å²) in [5.41, 5.74) is 0.720. The van der Waals surface area contributed by atoms with Crippen LogP contribution in [-0.2, 0) is 6.54 Å². The first-order valence-corrected chi connectivity index (χ1v) is 9.50. The van der Waals surface area contributed by atoms with E-state index in [2.05, 4.69) is 15.3 Å². The van der Waals surface area contributed by atoms with E-state index in [1.54, 1.807) is 13.0 Å². The minimum absolute atomic E-state index is 0.0120. The average molecular weight is 459 g/mol. The summed E-state index contributed by atoms with van der Waals surface area (Å²) in [4.78, 5) is 18.4. The van der Waals surface area contributed by atoms with Crippen molar-refractivity contribution in [2.24, 2.45) is 0 Å². The summed E-state index contributed by atoms with van der Waals surface area (Å²) in [6.45, 7) is 1.43. The van der Waals surface area contributed by atoms with Gasteiger partial charge in [0, 0.05) is 17.1 Å². The Labute approximate surface area is 180 Å². The van der Waals surface area contributed by atoms with Crippen LogP contribution in [0.1, 0.15) is 34.6 Å². The molecule has 0 saturated heterocycles. The lowest BCUT2D eigenvalue weighted by Gasteiger charge is -2.14. The Balaban J connectivity index is 1.82. The van der Waals surface area contributed by atoms with Crippen LogP contribution < -0.4 is 10.1 Å². The second-order valence-electron chi connectivity index (χ2n) is 6.10. The van der Waals surface area contributed by atoms with Crippen molar-refractivity contribution in [3.8, 4) is 11.5 Å². The first-order chi connectivity index (χ1) is 13.8. The first kappa shape index (κ1) is 21.4. The maximum atomic E-state index is 15.0. The Kier molecular flexibility index (Phi) is 6.64. The summed E-state index contributed by atoms with van der Waals surface area (Å²) in [7, 11) is 0. The molecule has 3 rings (SSSR count). The van der Waals surface area contributed by atoms with Gasteiger partial charge >= 0.3 is 0 Å². The number of nitrogens with one attached hydrogen (secondary N) is 2. The zero-order valence-corrected chi connectivity index (χ0v) is 17.2. The second kappa shape index (κ2) is 9.00. The maximum Gasteiger partial charge on any atom is 0.271 e. The molecule has 2 aromatic carbocycles. The van der Waals surface area contributed by atoms with Gasteiger partial charge in [0.05, 0.1) is 17.5 Å². The Morgan fingerprint density at radius 1 is 1.31 bits per heavy atom. The topological polar surface area (TPSA) is 87.2 Å². The van der Waals surface area contributed by atoms with Gasteiger partial charge in [-0.05, 0) is 36.8 Å². The van der Waals surface area contributed by atoms with Gasteiger partial charge < -0.3 is 20.1 Å².